The fraction of sp³-hybridized carbons (Fsp3) is 0.467. The zero-order valence-corrected chi connectivity index (χ0v) is 12.6. The average molecular weight is 310 g/mol. The van der Waals surface area contributed by atoms with Gasteiger partial charge in [-0.3, -0.25) is 9.59 Å². The van der Waals surface area contributed by atoms with Gasteiger partial charge in [0.15, 0.2) is 0 Å². The van der Waals surface area contributed by atoms with Crippen LogP contribution in [0.4, 0.5) is 5.69 Å². The topological polar surface area (TPSA) is 75.4 Å². The van der Waals surface area contributed by atoms with Crippen molar-refractivity contribution in [1.29, 1.82) is 0 Å². The molecule has 0 spiro atoms. The summed E-state index contributed by atoms with van der Waals surface area (Å²) in [5.41, 5.74) is 7.36. The van der Waals surface area contributed by atoms with Crippen LogP contribution in [0.1, 0.15) is 24.3 Å². The third-order valence-electron chi connectivity index (χ3n) is 4.23. The maximum absolute atomic E-state index is 12.7. The predicted octanol–water partition coefficient (Wildman–Crippen LogP) is 1.34. The first-order valence-corrected chi connectivity index (χ1v) is 7.06. The van der Waals surface area contributed by atoms with Crippen molar-refractivity contribution in [1.82, 2.24) is 4.90 Å². The van der Waals surface area contributed by atoms with E-state index in [9.17, 15) is 9.59 Å². The Balaban J connectivity index is 0.00000161. The van der Waals surface area contributed by atoms with E-state index in [0.717, 1.165) is 30.8 Å². The Labute approximate surface area is 130 Å². The fourth-order valence-electron chi connectivity index (χ4n) is 3.08. The number of anilines is 1. The van der Waals surface area contributed by atoms with E-state index in [1.165, 1.54) is 0 Å². The van der Waals surface area contributed by atoms with Crippen molar-refractivity contribution in [3.8, 4) is 0 Å². The number of hydrogen-bond acceptors (Lipinski definition) is 3. The van der Waals surface area contributed by atoms with Crippen LogP contribution in [0, 0.1) is 5.92 Å². The molecule has 0 radical (unpaired) electrons. The highest BCUT2D eigenvalue weighted by Gasteiger charge is 2.35. The molecule has 3 N–H and O–H groups in total. The molecule has 1 fully saturated rings. The molecular formula is C15H20ClN3O2. The summed E-state index contributed by atoms with van der Waals surface area (Å²) in [5.74, 6) is 0.0166. The molecule has 2 atom stereocenters. The number of amides is 2. The minimum Gasteiger partial charge on any atom is -0.342 e. The highest BCUT2D eigenvalue weighted by atomic mass is 35.5. The van der Waals surface area contributed by atoms with Crippen molar-refractivity contribution in [2.75, 3.05) is 25.0 Å². The number of carbonyl (C=O) groups is 2. The van der Waals surface area contributed by atoms with Gasteiger partial charge in [0.05, 0.1) is 5.92 Å². The maximum Gasteiger partial charge on any atom is 0.230 e. The lowest BCUT2D eigenvalue weighted by Gasteiger charge is -2.28. The predicted molar refractivity (Wildman–Crippen MR) is 83.4 cm³/mol. The van der Waals surface area contributed by atoms with Gasteiger partial charge in [-0.25, -0.2) is 0 Å². The van der Waals surface area contributed by atoms with E-state index in [2.05, 4.69) is 5.32 Å². The van der Waals surface area contributed by atoms with Crippen LogP contribution in [-0.4, -0.2) is 36.3 Å². The molecule has 1 aromatic rings. The number of hydrogen-bond donors (Lipinski definition) is 2. The van der Waals surface area contributed by atoms with Crippen LogP contribution >= 0.6 is 12.4 Å². The van der Waals surface area contributed by atoms with Gasteiger partial charge >= 0.3 is 0 Å². The summed E-state index contributed by atoms with van der Waals surface area (Å²) in [6.45, 7) is 2.09. The van der Waals surface area contributed by atoms with Gasteiger partial charge in [0, 0.05) is 25.2 Å². The first-order valence-electron chi connectivity index (χ1n) is 7.06. The second-order valence-electron chi connectivity index (χ2n) is 5.57. The van der Waals surface area contributed by atoms with Gasteiger partial charge < -0.3 is 16.0 Å². The van der Waals surface area contributed by atoms with Crippen molar-refractivity contribution < 1.29 is 9.59 Å². The van der Waals surface area contributed by atoms with Gasteiger partial charge in [-0.1, -0.05) is 18.2 Å². The molecular weight excluding hydrogens is 290 g/mol. The van der Waals surface area contributed by atoms with Crippen LogP contribution in [-0.2, 0) is 9.59 Å². The Bertz CT molecular complexity index is 549. The Morgan fingerprint density at radius 2 is 2.14 bits per heavy atom. The third kappa shape index (κ3) is 3.04. The molecule has 114 valence electrons. The lowest BCUT2D eigenvalue weighted by molar-refractivity contribution is -0.134. The first-order chi connectivity index (χ1) is 9.69. The number of nitrogens with one attached hydrogen (secondary N) is 1. The summed E-state index contributed by atoms with van der Waals surface area (Å²) in [7, 11) is 0. The molecule has 6 heteroatoms. The lowest BCUT2D eigenvalue weighted by atomic mass is 9.89. The Hall–Kier alpha value is -1.59. The van der Waals surface area contributed by atoms with E-state index >= 15 is 0 Å². The molecule has 21 heavy (non-hydrogen) atoms. The van der Waals surface area contributed by atoms with Crippen molar-refractivity contribution in [2.24, 2.45) is 11.7 Å². The molecule has 2 heterocycles. The van der Waals surface area contributed by atoms with E-state index in [0.29, 0.717) is 12.5 Å². The summed E-state index contributed by atoms with van der Waals surface area (Å²) >= 11 is 0. The Kier molecular flexibility index (Phi) is 4.85. The van der Waals surface area contributed by atoms with E-state index in [4.69, 9.17) is 5.73 Å². The first kappa shape index (κ1) is 15.8. The molecule has 3 rings (SSSR count). The second-order valence-corrected chi connectivity index (χ2v) is 5.57. The molecule has 0 aromatic heterocycles. The maximum atomic E-state index is 12.7. The van der Waals surface area contributed by atoms with Gasteiger partial charge in [0.1, 0.15) is 0 Å². The summed E-state index contributed by atoms with van der Waals surface area (Å²) in [5, 5.41) is 2.83. The van der Waals surface area contributed by atoms with Gasteiger partial charge in [0.2, 0.25) is 11.8 Å². The highest BCUT2D eigenvalue weighted by molar-refractivity contribution is 6.01. The van der Waals surface area contributed by atoms with Gasteiger partial charge in [-0.15, -0.1) is 12.4 Å². The summed E-state index contributed by atoms with van der Waals surface area (Å²) in [6.07, 6.45) is 1.20. The summed E-state index contributed by atoms with van der Waals surface area (Å²) < 4.78 is 0. The molecule has 5 nitrogen and oxygen atoms in total. The molecule has 2 aliphatic rings. The molecule has 2 unspecified atom stereocenters. The molecule has 0 bridgehead atoms. The molecule has 2 aliphatic heterocycles. The molecule has 0 saturated carbocycles. The largest absolute Gasteiger partial charge is 0.342 e. The van der Waals surface area contributed by atoms with E-state index in [1.807, 2.05) is 29.2 Å². The van der Waals surface area contributed by atoms with E-state index in [1.54, 1.807) is 0 Å². The average Bonchev–Trinajstić information content (AvgIpc) is 2.94. The Morgan fingerprint density at radius 1 is 1.38 bits per heavy atom. The van der Waals surface area contributed by atoms with Gasteiger partial charge in [-0.05, 0) is 30.5 Å². The fourth-order valence-corrected chi connectivity index (χ4v) is 3.08. The van der Waals surface area contributed by atoms with Crippen molar-refractivity contribution in [3.63, 3.8) is 0 Å². The van der Waals surface area contributed by atoms with E-state index in [-0.39, 0.29) is 36.6 Å². The summed E-state index contributed by atoms with van der Waals surface area (Å²) in [6, 6.07) is 7.54. The molecule has 2 amide bonds. The summed E-state index contributed by atoms with van der Waals surface area (Å²) in [4.78, 5) is 26.3. The van der Waals surface area contributed by atoms with Crippen LogP contribution in [0.5, 0.6) is 0 Å². The second kappa shape index (κ2) is 6.45. The number of rotatable bonds is 2. The van der Waals surface area contributed by atoms with Crippen molar-refractivity contribution >= 4 is 29.9 Å². The Morgan fingerprint density at radius 3 is 2.86 bits per heavy atom. The van der Waals surface area contributed by atoms with Crippen LogP contribution in [0.25, 0.3) is 0 Å². The van der Waals surface area contributed by atoms with Gasteiger partial charge in [-0.2, -0.15) is 0 Å². The van der Waals surface area contributed by atoms with Crippen molar-refractivity contribution in [2.45, 2.75) is 18.8 Å². The van der Waals surface area contributed by atoms with Crippen LogP contribution in [0.2, 0.25) is 0 Å². The monoisotopic (exact) mass is 309 g/mol. The third-order valence-corrected chi connectivity index (χ3v) is 4.23. The zero-order chi connectivity index (χ0) is 14.1. The number of carbonyl (C=O) groups excluding carboxylic acids is 2. The standard InChI is InChI=1S/C15H19N3O2.ClH/c16-8-10-5-6-18(9-10)15(20)12-7-14(19)17-13-4-2-1-3-11(12)13;/h1-4,10,12H,5-9,16H2,(H,17,19);1H. The molecule has 1 aromatic carbocycles. The number of fused-ring (bicyclic) bond motifs is 1. The zero-order valence-electron chi connectivity index (χ0n) is 11.7. The van der Waals surface area contributed by atoms with Gasteiger partial charge in [0.25, 0.3) is 0 Å². The van der Waals surface area contributed by atoms with E-state index < -0.39 is 0 Å². The van der Waals surface area contributed by atoms with Crippen LogP contribution in [0.3, 0.4) is 0 Å². The quantitative estimate of drug-likeness (QED) is 0.865. The minimum absolute atomic E-state index is 0. The van der Waals surface area contributed by atoms with Crippen LogP contribution in [0.15, 0.2) is 24.3 Å². The van der Waals surface area contributed by atoms with Crippen molar-refractivity contribution in [3.05, 3.63) is 29.8 Å². The number of nitrogens with zero attached hydrogens (tertiary/aromatic N) is 1. The van der Waals surface area contributed by atoms with Crippen LogP contribution < -0.4 is 11.1 Å². The number of benzene rings is 1. The normalized spacial score (nSPS) is 24.0. The molecule has 0 aliphatic carbocycles. The highest BCUT2D eigenvalue weighted by Crippen LogP contribution is 2.34. The SMILES string of the molecule is Cl.NCC1CCN(C(=O)C2CC(=O)Nc3ccccc32)C1. The number of halogens is 1. The number of nitrogens with two attached hydrogens (primary N) is 1. The minimum atomic E-state index is -0.350. The lowest BCUT2D eigenvalue weighted by Crippen LogP contribution is -2.37. The molecule has 1 saturated heterocycles. The number of likely N-dealkylation sites (tertiary alicyclic amines) is 1. The number of para-hydroxylation sites is 1. The smallest absolute Gasteiger partial charge is 0.230 e.